The number of alkyl halides is 3. The molecule has 3 rings (SSSR count). The van der Waals surface area contributed by atoms with Crippen LogP contribution in [0.25, 0.3) is 0 Å². The van der Waals surface area contributed by atoms with E-state index in [0.717, 1.165) is 22.5 Å². The zero-order chi connectivity index (χ0) is 21.1. The highest BCUT2D eigenvalue weighted by Gasteiger charge is 2.39. The minimum absolute atomic E-state index is 0.0738. The van der Waals surface area contributed by atoms with Crippen molar-refractivity contribution in [3.63, 3.8) is 0 Å². The van der Waals surface area contributed by atoms with Crippen LogP contribution in [-0.2, 0) is 21.0 Å². The van der Waals surface area contributed by atoms with Gasteiger partial charge in [-0.3, -0.25) is 4.79 Å². The smallest absolute Gasteiger partial charge is 0.417 e. The van der Waals surface area contributed by atoms with Crippen LogP contribution >= 0.6 is 0 Å². The number of amides is 1. The molecule has 0 saturated carbocycles. The monoisotopic (exact) mass is 428 g/mol. The predicted molar refractivity (Wildman–Crippen MR) is 98.7 cm³/mol. The molecule has 6 nitrogen and oxygen atoms in total. The minimum Gasteiger partial charge on any atom is -0.484 e. The molecular weight excluding hydrogens is 409 g/mol. The Bertz CT molecular complexity index is 957. The van der Waals surface area contributed by atoms with Crippen molar-refractivity contribution >= 4 is 15.9 Å². The second-order valence-corrected chi connectivity index (χ2v) is 8.29. The van der Waals surface area contributed by atoms with Crippen molar-refractivity contribution in [2.24, 2.45) is 0 Å². The minimum atomic E-state index is -4.78. The first kappa shape index (κ1) is 21.1. The Balaban J connectivity index is 1.64. The van der Waals surface area contributed by atoms with E-state index in [1.807, 2.05) is 6.07 Å². The summed E-state index contributed by atoms with van der Waals surface area (Å²) in [6.07, 6.45) is -4.78. The maximum absolute atomic E-state index is 13.2. The average Bonchev–Trinajstić information content (AvgIpc) is 2.72. The van der Waals surface area contributed by atoms with Crippen molar-refractivity contribution in [3.05, 3.63) is 60.2 Å². The summed E-state index contributed by atoms with van der Waals surface area (Å²) in [5.74, 6) is 0.215. The van der Waals surface area contributed by atoms with Gasteiger partial charge in [0.15, 0.2) is 6.61 Å². The molecule has 2 aromatic rings. The molecule has 1 aliphatic rings. The van der Waals surface area contributed by atoms with Gasteiger partial charge < -0.3 is 9.64 Å². The maximum atomic E-state index is 13.2. The number of halogens is 3. The molecule has 1 aliphatic heterocycles. The highest BCUT2D eigenvalue weighted by molar-refractivity contribution is 7.89. The number of hydrogen-bond donors (Lipinski definition) is 0. The van der Waals surface area contributed by atoms with E-state index in [-0.39, 0.29) is 38.7 Å². The summed E-state index contributed by atoms with van der Waals surface area (Å²) in [6.45, 7) is -0.236. The van der Waals surface area contributed by atoms with Gasteiger partial charge in [0.2, 0.25) is 10.0 Å². The largest absolute Gasteiger partial charge is 0.484 e. The van der Waals surface area contributed by atoms with Gasteiger partial charge in [-0.05, 0) is 24.3 Å². The van der Waals surface area contributed by atoms with Crippen LogP contribution < -0.4 is 4.74 Å². The Kier molecular flexibility index (Phi) is 6.13. The highest BCUT2D eigenvalue weighted by atomic mass is 32.2. The van der Waals surface area contributed by atoms with Crippen LogP contribution in [0.1, 0.15) is 5.56 Å². The van der Waals surface area contributed by atoms with E-state index in [1.54, 1.807) is 24.3 Å². The summed E-state index contributed by atoms with van der Waals surface area (Å²) in [4.78, 5) is 12.9. The molecule has 0 spiro atoms. The van der Waals surface area contributed by atoms with Crippen molar-refractivity contribution in [3.8, 4) is 5.75 Å². The lowest BCUT2D eigenvalue weighted by atomic mass is 10.2. The number of para-hydroxylation sites is 1. The Morgan fingerprint density at radius 1 is 0.931 bits per heavy atom. The molecule has 1 saturated heterocycles. The zero-order valence-corrected chi connectivity index (χ0v) is 16.1. The summed E-state index contributed by atoms with van der Waals surface area (Å²) in [7, 11) is -4.34. The van der Waals surface area contributed by atoms with E-state index in [2.05, 4.69) is 0 Å². The summed E-state index contributed by atoms with van der Waals surface area (Å²) >= 11 is 0. The van der Waals surface area contributed by atoms with Crippen LogP contribution in [0.3, 0.4) is 0 Å². The Morgan fingerprint density at radius 2 is 1.52 bits per heavy atom. The molecule has 0 bridgehead atoms. The molecule has 1 heterocycles. The van der Waals surface area contributed by atoms with Gasteiger partial charge in [-0.15, -0.1) is 0 Å². The number of ether oxygens (including phenoxy) is 1. The SMILES string of the molecule is O=C(COc1ccccc1)N1CCN(S(=O)(=O)c2ccccc2C(F)(F)F)CC1. The second-order valence-electron chi connectivity index (χ2n) is 6.38. The van der Waals surface area contributed by atoms with Crippen molar-refractivity contribution < 1.29 is 31.1 Å². The van der Waals surface area contributed by atoms with Crippen molar-refractivity contribution in [2.45, 2.75) is 11.1 Å². The van der Waals surface area contributed by atoms with Crippen LogP contribution in [0.5, 0.6) is 5.75 Å². The maximum Gasteiger partial charge on any atom is 0.417 e. The number of benzene rings is 2. The molecule has 0 radical (unpaired) electrons. The molecule has 1 amide bonds. The Labute approximate surface area is 166 Å². The highest BCUT2D eigenvalue weighted by Crippen LogP contribution is 2.35. The molecule has 0 unspecified atom stereocenters. The van der Waals surface area contributed by atoms with Crippen molar-refractivity contribution in [2.75, 3.05) is 32.8 Å². The van der Waals surface area contributed by atoms with Gasteiger partial charge in [0, 0.05) is 26.2 Å². The number of hydrogen-bond acceptors (Lipinski definition) is 4. The second kappa shape index (κ2) is 8.42. The summed E-state index contributed by atoms with van der Waals surface area (Å²) in [5, 5.41) is 0. The molecule has 1 fully saturated rings. The van der Waals surface area contributed by atoms with Gasteiger partial charge in [-0.2, -0.15) is 17.5 Å². The average molecular weight is 428 g/mol. The summed E-state index contributed by atoms with van der Waals surface area (Å²) in [5.41, 5.74) is -1.20. The standard InChI is InChI=1S/C19H19F3N2O4S/c20-19(21,22)16-8-4-5-9-17(16)29(26,27)24-12-10-23(11-13-24)18(25)14-28-15-6-2-1-3-7-15/h1-9H,10-14H2. The third-order valence-corrected chi connectivity index (χ3v) is 6.46. The number of piperazine rings is 1. The number of carbonyl (C=O) groups is 1. The first-order chi connectivity index (χ1) is 13.7. The molecule has 156 valence electrons. The van der Waals surface area contributed by atoms with E-state index >= 15 is 0 Å². The number of nitrogens with zero attached hydrogens (tertiary/aromatic N) is 2. The van der Waals surface area contributed by atoms with E-state index in [0.29, 0.717) is 5.75 Å². The quantitative estimate of drug-likeness (QED) is 0.735. The van der Waals surface area contributed by atoms with Gasteiger partial charge >= 0.3 is 6.18 Å². The van der Waals surface area contributed by atoms with Crippen LogP contribution in [0.4, 0.5) is 13.2 Å². The summed E-state index contributed by atoms with van der Waals surface area (Å²) in [6, 6.07) is 12.8. The van der Waals surface area contributed by atoms with E-state index in [4.69, 9.17) is 4.74 Å². The Hall–Kier alpha value is -2.59. The zero-order valence-electron chi connectivity index (χ0n) is 15.3. The molecule has 29 heavy (non-hydrogen) atoms. The third-order valence-electron chi connectivity index (χ3n) is 4.51. The lowest BCUT2D eigenvalue weighted by Gasteiger charge is -2.34. The predicted octanol–water partition coefficient (Wildman–Crippen LogP) is 2.62. The van der Waals surface area contributed by atoms with Crippen LogP contribution in [0.2, 0.25) is 0 Å². The van der Waals surface area contributed by atoms with Crippen LogP contribution in [-0.4, -0.2) is 56.3 Å². The lowest BCUT2D eigenvalue weighted by Crippen LogP contribution is -2.51. The molecule has 0 aliphatic carbocycles. The van der Waals surface area contributed by atoms with Gasteiger partial charge in [0.1, 0.15) is 5.75 Å². The number of rotatable bonds is 5. The van der Waals surface area contributed by atoms with Gasteiger partial charge in [0.25, 0.3) is 5.91 Å². The summed E-state index contributed by atoms with van der Waals surface area (Å²) < 4.78 is 71.4. The van der Waals surface area contributed by atoms with E-state index in [1.165, 1.54) is 11.0 Å². The molecule has 0 atom stereocenters. The van der Waals surface area contributed by atoms with Gasteiger partial charge in [-0.25, -0.2) is 8.42 Å². The van der Waals surface area contributed by atoms with Crippen molar-refractivity contribution in [1.82, 2.24) is 9.21 Å². The van der Waals surface area contributed by atoms with Crippen molar-refractivity contribution in [1.29, 1.82) is 0 Å². The lowest BCUT2D eigenvalue weighted by molar-refractivity contribution is -0.139. The molecule has 10 heteroatoms. The van der Waals surface area contributed by atoms with Crippen LogP contribution in [0, 0.1) is 0 Å². The fraction of sp³-hybridized carbons (Fsp3) is 0.316. The number of sulfonamides is 1. The first-order valence-corrected chi connectivity index (χ1v) is 10.3. The first-order valence-electron chi connectivity index (χ1n) is 8.81. The Morgan fingerprint density at radius 3 is 2.14 bits per heavy atom. The fourth-order valence-corrected chi connectivity index (χ4v) is 4.63. The molecular formula is C19H19F3N2O4S. The van der Waals surface area contributed by atoms with E-state index < -0.39 is 26.7 Å². The topological polar surface area (TPSA) is 66.9 Å². The van der Waals surface area contributed by atoms with Gasteiger partial charge in [0.05, 0.1) is 10.5 Å². The van der Waals surface area contributed by atoms with E-state index in [9.17, 15) is 26.4 Å². The van der Waals surface area contributed by atoms with Gasteiger partial charge in [-0.1, -0.05) is 30.3 Å². The molecule has 0 aromatic heterocycles. The molecule has 2 aromatic carbocycles. The molecule has 0 N–H and O–H groups in total. The normalized spacial score (nSPS) is 15.9. The number of carbonyl (C=O) groups excluding carboxylic acids is 1. The third kappa shape index (κ3) is 4.88. The van der Waals surface area contributed by atoms with Crippen LogP contribution in [0.15, 0.2) is 59.5 Å². The fourth-order valence-electron chi connectivity index (χ4n) is 3.00.